The van der Waals surface area contributed by atoms with Crippen molar-refractivity contribution in [3.05, 3.63) is 17.7 Å². The van der Waals surface area contributed by atoms with Crippen molar-refractivity contribution >= 4 is 5.69 Å². The smallest absolute Gasteiger partial charge is 0.163 e. The van der Waals surface area contributed by atoms with Crippen molar-refractivity contribution in [1.82, 2.24) is 4.90 Å². The molecular weight excluding hydrogens is 252 g/mol. The number of nitrogens with two attached hydrogens (primary N) is 1. The SMILES string of the molecule is CC1CCCCCN1Cc1cc2c(cc1N)OCCO2. The summed E-state index contributed by atoms with van der Waals surface area (Å²) in [5, 5.41) is 0. The van der Waals surface area contributed by atoms with Gasteiger partial charge in [-0.05, 0) is 37.9 Å². The third kappa shape index (κ3) is 2.85. The molecule has 0 amide bonds. The van der Waals surface area contributed by atoms with Crippen LogP contribution in [0.25, 0.3) is 0 Å². The van der Waals surface area contributed by atoms with Crippen molar-refractivity contribution in [3.8, 4) is 11.5 Å². The molecule has 1 unspecified atom stereocenters. The zero-order chi connectivity index (χ0) is 13.9. The minimum Gasteiger partial charge on any atom is -0.486 e. The van der Waals surface area contributed by atoms with Crippen LogP contribution < -0.4 is 15.2 Å². The zero-order valence-corrected chi connectivity index (χ0v) is 12.2. The third-order valence-electron chi connectivity index (χ3n) is 4.37. The number of ether oxygens (including phenoxy) is 2. The molecule has 1 aromatic carbocycles. The molecule has 1 fully saturated rings. The molecule has 3 rings (SSSR count). The van der Waals surface area contributed by atoms with Crippen LogP contribution >= 0.6 is 0 Å². The molecule has 1 atom stereocenters. The van der Waals surface area contributed by atoms with Crippen molar-refractivity contribution in [2.24, 2.45) is 0 Å². The second-order valence-electron chi connectivity index (χ2n) is 5.86. The fourth-order valence-electron chi connectivity index (χ4n) is 3.07. The molecule has 0 aromatic heterocycles. The van der Waals surface area contributed by atoms with Gasteiger partial charge in [-0.15, -0.1) is 0 Å². The summed E-state index contributed by atoms with van der Waals surface area (Å²) in [7, 11) is 0. The van der Waals surface area contributed by atoms with E-state index in [2.05, 4.69) is 17.9 Å². The number of nitrogens with zero attached hydrogens (tertiary/aromatic N) is 1. The van der Waals surface area contributed by atoms with Gasteiger partial charge >= 0.3 is 0 Å². The summed E-state index contributed by atoms with van der Waals surface area (Å²) in [6.45, 7) is 5.61. The second kappa shape index (κ2) is 5.92. The maximum atomic E-state index is 6.18. The van der Waals surface area contributed by atoms with Gasteiger partial charge in [0.2, 0.25) is 0 Å². The molecule has 0 radical (unpaired) electrons. The Kier molecular flexibility index (Phi) is 4.01. The Morgan fingerprint density at radius 2 is 1.90 bits per heavy atom. The number of fused-ring (bicyclic) bond motifs is 1. The van der Waals surface area contributed by atoms with Crippen LogP contribution in [-0.4, -0.2) is 30.7 Å². The molecule has 2 heterocycles. The molecule has 2 aliphatic heterocycles. The van der Waals surface area contributed by atoms with Gasteiger partial charge in [-0.1, -0.05) is 12.8 Å². The van der Waals surface area contributed by atoms with Gasteiger partial charge in [-0.2, -0.15) is 0 Å². The first-order chi connectivity index (χ1) is 9.74. The molecule has 2 aliphatic rings. The van der Waals surface area contributed by atoms with Crippen LogP contribution in [0, 0.1) is 0 Å². The van der Waals surface area contributed by atoms with E-state index >= 15 is 0 Å². The summed E-state index contributed by atoms with van der Waals surface area (Å²) in [6, 6.07) is 4.60. The van der Waals surface area contributed by atoms with Crippen LogP contribution in [0.1, 0.15) is 38.2 Å². The number of nitrogen functional groups attached to an aromatic ring is 1. The van der Waals surface area contributed by atoms with Gasteiger partial charge < -0.3 is 15.2 Å². The van der Waals surface area contributed by atoms with Crippen LogP contribution in [0.3, 0.4) is 0 Å². The lowest BCUT2D eigenvalue weighted by atomic mass is 10.1. The maximum absolute atomic E-state index is 6.18. The molecule has 4 heteroatoms. The van der Waals surface area contributed by atoms with E-state index in [4.69, 9.17) is 15.2 Å². The second-order valence-corrected chi connectivity index (χ2v) is 5.86. The quantitative estimate of drug-likeness (QED) is 0.844. The van der Waals surface area contributed by atoms with Crippen molar-refractivity contribution in [3.63, 3.8) is 0 Å². The van der Waals surface area contributed by atoms with Crippen molar-refractivity contribution < 1.29 is 9.47 Å². The molecular formula is C16H24N2O2. The molecule has 4 nitrogen and oxygen atoms in total. The van der Waals surface area contributed by atoms with E-state index in [1.807, 2.05) is 6.07 Å². The van der Waals surface area contributed by atoms with Crippen LogP contribution in [0.15, 0.2) is 12.1 Å². The van der Waals surface area contributed by atoms with Crippen LogP contribution in [0.4, 0.5) is 5.69 Å². The predicted molar refractivity (Wildman–Crippen MR) is 80.2 cm³/mol. The van der Waals surface area contributed by atoms with Crippen LogP contribution in [-0.2, 0) is 6.54 Å². The molecule has 0 aliphatic carbocycles. The number of likely N-dealkylation sites (tertiary alicyclic amines) is 1. The Morgan fingerprint density at radius 3 is 2.70 bits per heavy atom. The molecule has 0 saturated carbocycles. The standard InChI is InChI=1S/C16H24N2O2/c1-12-5-3-2-4-6-18(12)11-13-9-15-16(10-14(13)17)20-8-7-19-15/h9-10,12H,2-8,11,17H2,1H3. The highest BCUT2D eigenvalue weighted by molar-refractivity contribution is 5.58. The Hall–Kier alpha value is -1.42. The van der Waals surface area contributed by atoms with E-state index in [0.29, 0.717) is 19.3 Å². The molecule has 20 heavy (non-hydrogen) atoms. The highest BCUT2D eigenvalue weighted by atomic mass is 16.6. The Balaban J connectivity index is 1.79. The number of benzene rings is 1. The van der Waals surface area contributed by atoms with E-state index in [1.54, 1.807) is 0 Å². The zero-order valence-electron chi connectivity index (χ0n) is 12.2. The van der Waals surface area contributed by atoms with E-state index in [1.165, 1.54) is 25.7 Å². The van der Waals surface area contributed by atoms with Gasteiger partial charge in [0.25, 0.3) is 0 Å². The Morgan fingerprint density at radius 1 is 1.15 bits per heavy atom. The summed E-state index contributed by atoms with van der Waals surface area (Å²) >= 11 is 0. The fourth-order valence-corrected chi connectivity index (χ4v) is 3.07. The molecule has 110 valence electrons. The van der Waals surface area contributed by atoms with Gasteiger partial charge in [-0.3, -0.25) is 4.90 Å². The first kappa shape index (κ1) is 13.6. The summed E-state index contributed by atoms with van der Waals surface area (Å²) in [5.41, 5.74) is 8.15. The van der Waals surface area contributed by atoms with E-state index < -0.39 is 0 Å². The Bertz CT molecular complexity index is 476. The summed E-state index contributed by atoms with van der Waals surface area (Å²) < 4.78 is 11.2. The lowest BCUT2D eigenvalue weighted by Crippen LogP contribution is -2.32. The minimum atomic E-state index is 0.606. The predicted octanol–water partition coefficient (Wildman–Crippen LogP) is 2.80. The topological polar surface area (TPSA) is 47.7 Å². The van der Waals surface area contributed by atoms with Crippen LogP contribution in [0.2, 0.25) is 0 Å². The van der Waals surface area contributed by atoms with Gasteiger partial charge in [0.05, 0.1) is 0 Å². The molecule has 1 saturated heterocycles. The van der Waals surface area contributed by atoms with Crippen LogP contribution in [0.5, 0.6) is 11.5 Å². The summed E-state index contributed by atoms with van der Waals surface area (Å²) in [4.78, 5) is 2.54. The molecule has 0 bridgehead atoms. The van der Waals surface area contributed by atoms with Gasteiger partial charge in [0.15, 0.2) is 11.5 Å². The minimum absolute atomic E-state index is 0.606. The number of rotatable bonds is 2. The number of hydrogen-bond donors (Lipinski definition) is 1. The molecule has 1 aromatic rings. The van der Waals surface area contributed by atoms with E-state index in [0.717, 1.165) is 35.8 Å². The van der Waals surface area contributed by atoms with Crippen molar-refractivity contribution in [2.75, 3.05) is 25.5 Å². The van der Waals surface area contributed by atoms with E-state index in [9.17, 15) is 0 Å². The van der Waals surface area contributed by atoms with Gasteiger partial charge in [0, 0.05) is 24.3 Å². The number of anilines is 1. The van der Waals surface area contributed by atoms with Crippen molar-refractivity contribution in [1.29, 1.82) is 0 Å². The third-order valence-corrected chi connectivity index (χ3v) is 4.37. The first-order valence-electron chi connectivity index (χ1n) is 7.66. The molecule has 0 spiro atoms. The fraction of sp³-hybridized carbons (Fsp3) is 0.625. The summed E-state index contributed by atoms with van der Waals surface area (Å²) in [6.07, 6.45) is 5.25. The first-order valence-corrected chi connectivity index (χ1v) is 7.66. The van der Waals surface area contributed by atoms with Crippen molar-refractivity contribution in [2.45, 2.75) is 45.2 Å². The summed E-state index contributed by atoms with van der Waals surface area (Å²) in [5.74, 6) is 1.62. The largest absolute Gasteiger partial charge is 0.486 e. The average Bonchev–Trinajstić information content (AvgIpc) is 2.65. The highest BCUT2D eigenvalue weighted by Crippen LogP contribution is 2.35. The lowest BCUT2D eigenvalue weighted by molar-refractivity contribution is 0.170. The highest BCUT2D eigenvalue weighted by Gasteiger charge is 2.20. The molecule has 2 N–H and O–H groups in total. The maximum Gasteiger partial charge on any atom is 0.163 e. The van der Waals surface area contributed by atoms with E-state index in [-0.39, 0.29) is 0 Å². The Labute approximate surface area is 120 Å². The average molecular weight is 276 g/mol. The normalized spacial score (nSPS) is 23.4. The van der Waals surface area contributed by atoms with Gasteiger partial charge in [-0.25, -0.2) is 0 Å². The monoisotopic (exact) mass is 276 g/mol. The lowest BCUT2D eigenvalue weighted by Gasteiger charge is -2.28. The van der Waals surface area contributed by atoms with Gasteiger partial charge in [0.1, 0.15) is 13.2 Å². The number of hydrogen-bond acceptors (Lipinski definition) is 4.